The van der Waals surface area contributed by atoms with Gasteiger partial charge in [0.2, 0.25) is 0 Å². The molecule has 0 fully saturated rings. The summed E-state index contributed by atoms with van der Waals surface area (Å²) in [6.07, 6.45) is 1.70. The van der Waals surface area contributed by atoms with Gasteiger partial charge in [0.15, 0.2) is 6.61 Å². The minimum Gasteiger partial charge on any atom is -0.462 e. The summed E-state index contributed by atoms with van der Waals surface area (Å²) in [6, 6.07) is 11.0. The third-order valence-electron chi connectivity index (χ3n) is 3.78. The number of carbonyl (C=O) groups is 3. The van der Waals surface area contributed by atoms with Crippen molar-refractivity contribution in [2.75, 3.05) is 18.5 Å². The van der Waals surface area contributed by atoms with Gasteiger partial charge in [0.1, 0.15) is 5.75 Å². The van der Waals surface area contributed by atoms with Gasteiger partial charge in [-0.05, 0) is 55.0 Å². The van der Waals surface area contributed by atoms with E-state index >= 15 is 0 Å². The zero-order chi connectivity index (χ0) is 21.9. The smallest absolute Gasteiger partial charge is 0.387 e. The highest BCUT2D eigenvalue weighted by Gasteiger charge is 2.12. The Bertz CT molecular complexity index is 853. The predicted molar refractivity (Wildman–Crippen MR) is 104 cm³/mol. The molecule has 0 aliphatic carbocycles. The first-order valence-corrected chi connectivity index (χ1v) is 9.18. The second-order valence-corrected chi connectivity index (χ2v) is 6.09. The molecule has 30 heavy (non-hydrogen) atoms. The molecule has 0 saturated heterocycles. The SMILES string of the molecule is CCCCOC(=O)c1ccc(NC(=O)COC(=O)c2ccc(OC(F)F)cc2)cc1. The quantitative estimate of drug-likeness (QED) is 0.460. The Hall–Kier alpha value is -3.49. The fourth-order valence-corrected chi connectivity index (χ4v) is 2.27. The number of nitrogens with one attached hydrogen (secondary N) is 1. The number of esters is 2. The zero-order valence-electron chi connectivity index (χ0n) is 16.2. The molecule has 160 valence electrons. The summed E-state index contributed by atoms with van der Waals surface area (Å²) in [6.45, 7) is -1.17. The Morgan fingerprint density at radius 1 is 0.900 bits per heavy atom. The third kappa shape index (κ3) is 7.50. The van der Waals surface area contributed by atoms with Gasteiger partial charge in [0, 0.05) is 5.69 Å². The van der Waals surface area contributed by atoms with Crippen LogP contribution in [0.5, 0.6) is 5.75 Å². The van der Waals surface area contributed by atoms with Gasteiger partial charge in [-0.25, -0.2) is 9.59 Å². The van der Waals surface area contributed by atoms with E-state index in [0.717, 1.165) is 12.8 Å². The topological polar surface area (TPSA) is 90.9 Å². The van der Waals surface area contributed by atoms with Gasteiger partial charge in [-0.2, -0.15) is 8.78 Å². The van der Waals surface area contributed by atoms with Crippen LogP contribution in [0.1, 0.15) is 40.5 Å². The molecule has 0 aliphatic heterocycles. The molecule has 7 nitrogen and oxygen atoms in total. The Kier molecular flexibility index (Phi) is 8.74. The maximum absolute atomic E-state index is 12.1. The van der Waals surface area contributed by atoms with E-state index in [1.165, 1.54) is 48.5 Å². The summed E-state index contributed by atoms with van der Waals surface area (Å²) in [7, 11) is 0. The Morgan fingerprint density at radius 2 is 1.47 bits per heavy atom. The van der Waals surface area contributed by atoms with Gasteiger partial charge in [0.25, 0.3) is 5.91 Å². The summed E-state index contributed by atoms with van der Waals surface area (Å²) < 4.78 is 38.4. The van der Waals surface area contributed by atoms with E-state index in [-0.39, 0.29) is 11.3 Å². The molecule has 0 heterocycles. The van der Waals surface area contributed by atoms with Crippen LogP contribution in [0.2, 0.25) is 0 Å². The number of rotatable bonds is 10. The molecule has 0 radical (unpaired) electrons. The van der Waals surface area contributed by atoms with Gasteiger partial charge in [-0.1, -0.05) is 13.3 Å². The van der Waals surface area contributed by atoms with Gasteiger partial charge in [-0.15, -0.1) is 0 Å². The lowest BCUT2D eigenvalue weighted by Gasteiger charge is -2.08. The molecule has 1 amide bonds. The number of hydrogen-bond acceptors (Lipinski definition) is 6. The lowest BCUT2D eigenvalue weighted by atomic mass is 10.2. The van der Waals surface area contributed by atoms with Crippen molar-refractivity contribution >= 4 is 23.5 Å². The van der Waals surface area contributed by atoms with Crippen LogP contribution >= 0.6 is 0 Å². The minimum absolute atomic E-state index is 0.0790. The van der Waals surface area contributed by atoms with E-state index in [1.807, 2.05) is 6.92 Å². The lowest BCUT2D eigenvalue weighted by molar-refractivity contribution is -0.119. The molecule has 2 aromatic rings. The van der Waals surface area contributed by atoms with Crippen LogP contribution in [-0.4, -0.2) is 37.7 Å². The zero-order valence-corrected chi connectivity index (χ0v) is 16.2. The molecule has 9 heteroatoms. The summed E-state index contributed by atoms with van der Waals surface area (Å²) in [5, 5.41) is 2.53. The summed E-state index contributed by atoms with van der Waals surface area (Å²) in [5.74, 6) is -1.92. The second kappa shape index (κ2) is 11.5. The molecule has 2 aromatic carbocycles. The van der Waals surface area contributed by atoms with Gasteiger partial charge in [-0.3, -0.25) is 4.79 Å². The number of benzene rings is 2. The van der Waals surface area contributed by atoms with Crippen molar-refractivity contribution in [3.05, 3.63) is 59.7 Å². The number of carbonyl (C=O) groups excluding carboxylic acids is 3. The average Bonchev–Trinajstić information content (AvgIpc) is 2.73. The maximum Gasteiger partial charge on any atom is 0.387 e. The molecule has 0 saturated carbocycles. The van der Waals surface area contributed by atoms with Crippen molar-refractivity contribution in [2.45, 2.75) is 26.4 Å². The number of alkyl halides is 2. The highest BCUT2D eigenvalue weighted by atomic mass is 19.3. The molecule has 0 bridgehead atoms. The monoisotopic (exact) mass is 421 g/mol. The first-order valence-electron chi connectivity index (χ1n) is 9.18. The Morgan fingerprint density at radius 3 is 2.03 bits per heavy atom. The summed E-state index contributed by atoms with van der Waals surface area (Å²) in [4.78, 5) is 35.7. The van der Waals surface area contributed by atoms with Crippen molar-refractivity contribution in [3.8, 4) is 5.75 Å². The van der Waals surface area contributed by atoms with Crippen LogP contribution in [0.3, 0.4) is 0 Å². The first-order chi connectivity index (χ1) is 14.4. The van der Waals surface area contributed by atoms with Crippen molar-refractivity contribution < 1.29 is 37.4 Å². The number of unbranched alkanes of at least 4 members (excludes halogenated alkanes) is 1. The fraction of sp³-hybridized carbons (Fsp3) is 0.286. The van der Waals surface area contributed by atoms with Crippen LogP contribution in [0.25, 0.3) is 0 Å². The van der Waals surface area contributed by atoms with E-state index in [4.69, 9.17) is 9.47 Å². The largest absolute Gasteiger partial charge is 0.462 e. The number of anilines is 1. The summed E-state index contributed by atoms with van der Waals surface area (Å²) in [5.41, 5.74) is 0.847. The molecule has 2 rings (SSSR count). The Balaban J connectivity index is 1.80. The Labute approximate surface area is 171 Å². The first kappa shape index (κ1) is 22.8. The molecular weight excluding hydrogens is 400 g/mol. The van der Waals surface area contributed by atoms with E-state index in [1.54, 1.807) is 0 Å². The van der Waals surface area contributed by atoms with Crippen LogP contribution in [-0.2, 0) is 14.3 Å². The number of halogens is 2. The van der Waals surface area contributed by atoms with Crippen LogP contribution < -0.4 is 10.1 Å². The number of hydrogen-bond donors (Lipinski definition) is 1. The molecule has 0 atom stereocenters. The average molecular weight is 421 g/mol. The molecule has 0 aliphatic rings. The molecule has 0 aromatic heterocycles. The maximum atomic E-state index is 12.1. The van der Waals surface area contributed by atoms with Gasteiger partial charge < -0.3 is 19.5 Å². The van der Waals surface area contributed by atoms with E-state index in [2.05, 4.69) is 10.1 Å². The fourth-order valence-electron chi connectivity index (χ4n) is 2.27. The predicted octanol–water partition coefficient (Wildman–Crippen LogP) is 4.04. The van der Waals surface area contributed by atoms with Crippen molar-refractivity contribution in [1.82, 2.24) is 0 Å². The van der Waals surface area contributed by atoms with Gasteiger partial charge in [0.05, 0.1) is 17.7 Å². The van der Waals surface area contributed by atoms with E-state index < -0.39 is 31.1 Å². The van der Waals surface area contributed by atoms with Gasteiger partial charge >= 0.3 is 18.6 Å². The normalized spacial score (nSPS) is 10.4. The molecule has 1 N–H and O–H groups in total. The van der Waals surface area contributed by atoms with E-state index in [0.29, 0.717) is 17.9 Å². The molecule has 0 spiro atoms. The minimum atomic E-state index is -2.97. The number of amides is 1. The van der Waals surface area contributed by atoms with Crippen molar-refractivity contribution in [1.29, 1.82) is 0 Å². The standard InChI is InChI=1S/C21H21F2NO6/c1-2-3-12-28-19(26)14-4-8-16(9-5-14)24-18(25)13-29-20(27)15-6-10-17(11-7-15)30-21(22)23/h4-11,21H,2-3,12-13H2,1H3,(H,24,25). The van der Waals surface area contributed by atoms with E-state index in [9.17, 15) is 23.2 Å². The summed E-state index contributed by atoms with van der Waals surface area (Å²) >= 11 is 0. The lowest BCUT2D eigenvalue weighted by Crippen LogP contribution is -2.21. The number of ether oxygens (including phenoxy) is 3. The molecular formula is C21H21F2NO6. The van der Waals surface area contributed by atoms with Crippen LogP contribution in [0.4, 0.5) is 14.5 Å². The van der Waals surface area contributed by atoms with Crippen LogP contribution in [0, 0.1) is 0 Å². The second-order valence-electron chi connectivity index (χ2n) is 6.09. The van der Waals surface area contributed by atoms with Crippen LogP contribution in [0.15, 0.2) is 48.5 Å². The highest BCUT2D eigenvalue weighted by molar-refractivity contribution is 5.96. The third-order valence-corrected chi connectivity index (χ3v) is 3.78. The van der Waals surface area contributed by atoms with Crippen molar-refractivity contribution in [2.24, 2.45) is 0 Å². The molecule has 0 unspecified atom stereocenters. The van der Waals surface area contributed by atoms with Crippen molar-refractivity contribution in [3.63, 3.8) is 0 Å². The highest BCUT2D eigenvalue weighted by Crippen LogP contribution is 2.15.